The number of benzene rings is 2. The molecule has 2 heterocycles. The van der Waals surface area contributed by atoms with Gasteiger partial charge in [0.2, 0.25) is 11.8 Å². The van der Waals surface area contributed by atoms with Crippen molar-refractivity contribution in [1.82, 2.24) is 15.3 Å². The fourth-order valence-electron chi connectivity index (χ4n) is 3.97. The van der Waals surface area contributed by atoms with E-state index in [2.05, 4.69) is 51.7 Å². The Labute approximate surface area is 201 Å². The first-order chi connectivity index (χ1) is 16.2. The van der Waals surface area contributed by atoms with E-state index < -0.39 is 0 Å². The standard InChI is InChI=1S/C26H31N5OS/c1-20-10-9-17-31(19-20)23-18-24(32-22-14-6-3-7-15-22)29-25(28-23)30-26(33)27-16-8-13-21-11-4-2-5-12-21/h2-7,11-12,14-15,18,20H,8-10,13,16-17,19H2,1H3,(H2,27,28,29,30,33). The van der Waals surface area contributed by atoms with Crippen LogP contribution in [0.5, 0.6) is 11.6 Å². The summed E-state index contributed by atoms with van der Waals surface area (Å²) in [5.41, 5.74) is 1.33. The lowest BCUT2D eigenvalue weighted by Crippen LogP contribution is -2.35. The molecule has 172 valence electrons. The second-order valence-corrected chi connectivity index (χ2v) is 8.87. The average Bonchev–Trinajstić information content (AvgIpc) is 2.83. The van der Waals surface area contributed by atoms with Gasteiger partial charge in [-0.2, -0.15) is 9.97 Å². The smallest absolute Gasteiger partial charge is 0.234 e. The van der Waals surface area contributed by atoms with E-state index in [0.29, 0.717) is 22.9 Å². The van der Waals surface area contributed by atoms with Crippen LogP contribution in [0.15, 0.2) is 66.7 Å². The topological polar surface area (TPSA) is 62.3 Å². The van der Waals surface area contributed by atoms with Crippen LogP contribution in [0.2, 0.25) is 0 Å². The lowest BCUT2D eigenvalue weighted by atomic mass is 10.0. The molecule has 7 heteroatoms. The van der Waals surface area contributed by atoms with Gasteiger partial charge in [-0.15, -0.1) is 0 Å². The number of nitrogens with one attached hydrogen (secondary N) is 2. The van der Waals surface area contributed by atoms with Crippen LogP contribution in [0.25, 0.3) is 0 Å². The molecule has 2 N–H and O–H groups in total. The van der Waals surface area contributed by atoms with Crippen molar-refractivity contribution in [3.63, 3.8) is 0 Å². The van der Waals surface area contributed by atoms with Crippen molar-refractivity contribution in [1.29, 1.82) is 0 Å². The Morgan fingerprint density at radius 1 is 1.09 bits per heavy atom. The van der Waals surface area contributed by atoms with Crippen molar-refractivity contribution in [3.05, 3.63) is 72.3 Å². The Hall–Kier alpha value is -3.19. The molecule has 4 rings (SSSR count). The molecule has 0 radical (unpaired) electrons. The highest BCUT2D eigenvalue weighted by atomic mass is 32.1. The molecule has 1 fully saturated rings. The summed E-state index contributed by atoms with van der Waals surface area (Å²) >= 11 is 5.50. The first kappa shape index (κ1) is 23.0. The zero-order valence-electron chi connectivity index (χ0n) is 19.0. The number of piperidine rings is 1. The maximum atomic E-state index is 6.02. The number of ether oxygens (including phenoxy) is 1. The van der Waals surface area contributed by atoms with E-state index in [-0.39, 0.29) is 0 Å². The lowest BCUT2D eigenvalue weighted by molar-refractivity contribution is 0.440. The van der Waals surface area contributed by atoms with Gasteiger partial charge in [-0.25, -0.2) is 0 Å². The summed E-state index contributed by atoms with van der Waals surface area (Å²) in [7, 11) is 0. The SMILES string of the molecule is CC1CCCN(c2cc(Oc3ccccc3)nc(NC(=S)NCCCc3ccccc3)n2)C1. The second kappa shape index (κ2) is 11.6. The van der Waals surface area contributed by atoms with Crippen LogP contribution in [0.4, 0.5) is 11.8 Å². The Morgan fingerprint density at radius 2 is 1.85 bits per heavy atom. The van der Waals surface area contributed by atoms with Gasteiger partial charge in [-0.1, -0.05) is 55.5 Å². The Balaban J connectivity index is 1.41. The molecular weight excluding hydrogens is 430 g/mol. The zero-order valence-corrected chi connectivity index (χ0v) is 19.9. The molecule has 1 aliphatic heterocycles. The summed E-state index contributed by atoms with van der Waals surface area (Å²) in [5, 5.41) is 6.92. The molecule has 1 aromatic heterocycles. The molecule has 1 unspecified atom stereocenters. The summed E-state index contributed by atoms with van der Waals surface area (Å²) in [4.78, 5) is 11.6. The van der Waals surface area contributed by atoms with E-state index in [1.807, 2.05) is 42.5 Å². The molecule has 3 aromatic rings. The van der Waals surface area contributed by atoms with Gasteiger partial charge in [-0.3, -0.25) is 0 Å². The minimum atomic E-state index is 0.442. The maximum Gasteiger partial charge on any atom is 0.234 e. The number of aromatic nitrogens is 2. The number of nitrogens with zero attached hydrogens (tertiary/aromatic N) is 3. The van der Waals surface area contributed by atoms with Gasteiger partial charge in [-0.05, 0) is 61.5 Å². The highest BCUT2D eigenvalue weighted by molar-refractivity contribution is 7.80. The van der Waals surface area contributed by atoms with Gasteiger partial charge in [0.15, 0.2) is 5.11 Å². The molecule has 2 aromatic carbocycles. The van der Waals surface area contributed by atoms with Gasteiger partial charge in [0.25, 0.3) is 0 Å². The van der Waals surface area contributed by atoms with Crippen molar-refractivity contribution < 1.29 is 4.74 Å². The highest BCUT2D eigenvalue weighted by Gasteiger charge is 2.20. The van der Waals surface area contributed by atoms with Crippen molar-refractivity contribution in [2.75, 3.05) is 29.9 Å². The molecular formula is C26H31N5OS. The van der Waals surface area contributed by atoms with Crippen LogP contribution < -0.4 is 20.3 Å². The van der Waals surface area contributed by atoms with Crippen LogP contribution in [-0.2, 0) is 6.42 Å². The summed E-state index contributed by atoms with van der Waals surface area (Å²) in [6.07, 6.45) is 4.40. The predicted molar refractivity (Wildman–Crippen MR) is 138 cm³/mol. The van der Waals surface area contributed by atoms with E-state index >= 15 is 0 Å². The van der Waals surface area contributed by atoms with Crippen molar-refractivity contribution >= 4 is 29.1 Å². The quantitative estimate of drug-likeness (QED) is 0.343. The van der Waals surface area contributed by atoms with E-state index in [9.17, 15) is 0 Å². The molecule has 0 bridgehead atoms. The van der Waals surface area contributed by atoms with E-state index in [1.54, 1.807) is 0 Å². The third-order valence-electron chi connectivity index (χ3n) is 5.63. The first-order valence-electron chi connectivity index (χ1n) is 11.6. The van der Waals surface area contributed by atoms with Gasteiger partial charge in [0.1, 0.15) is 11.6 Å². The molecule has 1 aliphatic rings. The summed E-state index contributed by atoms with van der Waals surface area (Å²) in [6.45, 7) is 5.01. The molecule has 1 saturated heterocycles. The van der Waals surface area contributed by atoms with Crippen LogP contribution in [0.1, 0.15) is 31.7 Å². The molecule has 6 nitrogen and oxygen atoms in total. The molecule has 1 atom stereocenters. The van der Waals surface area contributed by atoms with Crippen molar-refractivity contribution in [3.8, 4) is 11.6 Å². The molecule has 0 amide bonds. The zero-order chi connectivity index (χ0) is 22.9. The van der Waals surface area contributed by atoms with E-state index in [4.69, 9.17) is 21.9 Å². The van der Waals surface area contributed by atoms with Crippen molar-refractivity contribution in [2.45, 2.75) is 32.6 Å². The van der Waals surface area contributed by atoms with E-state index in [0.717, 1.165) is 50.5 Å². The maximum absolute atomic E-state index is 6.02. The van der Waals surface area contributed by atoms with Gasteiger partial charge in [0, 0.05) is 25.7 Å². The monoisotopic (exact) mass is 461 g/mol. The minimum Gasteiger partial charge on any atom is -0.439 e. The molecule has 0 spiro atoms. The lowest BCUT2D eigenvalue weighted by Gasteiger charge is -2.32. The van der Waals surface area contributed by atoms with Crippen LogP contribution in [0, 0.1) is 5.92 Å². The fraction of sp³-hybridized carbons (Fsp3) is 0.346. The van der Waals surface area contributed by atoms with Gasteiger partial charge >= 0.3 is 0 Å². The first-order valence-corrected chi connectivity index (χ1v) is 12.0. The number of para-hydroxylation sites is 1. The summed E-state index contributed by atoms with van der Waals surface area (Å²) < 4.78 is 6.02. The number of hydrogen-bond donors (Lipinski definition) is 2. The third kappa shape index (κ3) is 7.15. The van der Waals surface area contributed by atoms with Crippen LogP contribution in [-0.4, -0.2) is 34.7 Å². The van der Waals surface area contributed by atoms with Gasteiger partial charge < -0.3 is 20.3 Å². The average molecular weight is 462 g/mol. The number of aryl methyl sites for hydroxylation is 1. The van der Waals surface area contributed by atoms with Crippen molar-refractivity contribution in [2.24, 2.45) is 5.92 Å². The van der Waals surface area contributed by atoms with Crippen LogP contribution >= 0.6 is 12.2 Å². The summed E-state index contributed by atoms with van der Waals surface area (Å²) in [6, 6.07) is 22.0. The normalized spacial score (nSPS) is 15.7. The van der Waals surface area contributed by atoms with E-state index in [1.165, 1.54) is 12.0 Å². The number of anilines is 2. The Morgan fingerprint density at radius 3 is 2.61 bits per heavy atom. The predicted octanol–water partition coefficient (Wildman–Crippen LogP) is 5.42. The minimum absolute atomic E-state index is 0.442. The Bertz CT molecular complexity index is 1030. The summed E-state index contributed by atoms with van der Waals surface area (Å²) in [5.74, 6) is 3.17. The number of thiocarbonyl (C=S) groups is 1. The third-order valence-corrected chi connectivity index (χ3v) is 5.88. The molecule has 33 heavy (non-hydrogen) atoms. The van der Waals surface area contributed by atoms with Crippen LogP contribution in [0.3, 0.4) is 0 Å². The number of hydrogen-bond acceptors (Lipinski definition) is 5. The molecule has 0 aliphatic carbocycles. The Kier molecular flexibility index (Phi) is 8.09. The number of rotatable bonds is 8. The second-order valence-electron chi connectivity index (χ2n) is 8.47. The van der Waals surface area contributed by atoms with Gasteiger partial charge in [0.05, 0.1) is 0 Å². The largest absolute Gasteiger partial charge is 0.439 e. The fourth-order valence-corrected chi connectivity index (χ4v) is 4.17. The molecule has 0 saturated carbocycles. The highest BCUT2D eigenvalue weighted by Crippen LogP contribution is 2.27.